The van der Waals surface area contributed by atoms with Gasteiger partial charge < -0.3 is 10.6 Å². The molecule has 0 saturated heterocycles. The smallest absolute Gasteiger partial charge is 0.365 e. The van der Waals surface area contributed by atoms with Gasteiger partial charge in [0.2, 0.25) is 0 Å². The maximum absolute atomic E-state index is 11.6. The lowest BCUT2D eigenvalue weighted by Gasteiger charge is -2.10. The number of H-pyrrole nitrogens is 1. The zero-order chi connectivity index (χ0) is 15.7. The number of nitrogens with two attached hydrogens (primary N) is 1. The van der Waals surface area contributed by atoms with Crippen molar-refractivity contribution < 1.29 is 4.74 Å². The number of nitrogens with one attached hydrogen (secondary N) is 1. The number of halogens is 2. The predicted octanol–water partition coefficient (Wildman–Crippen LogP) is 0.752. The lowest BCUT2D eigenvalue weighted by Crippen LogP contribution is -2.17. The van der Waals surface area contributed by atoms with Crippen LogP contribution < -0.4 is 16.3 Å². The van der Waals surface area contributed by atoms with Crippen molar-refractivity contribution in [1.29, 1.82) is 0 Å². The van der Waals surface area contributed by atoms with Crippen LogP contribution in [0.5, 0.6) is 5.75 Å². The van der Waals surface area contributed by atoms with Gasteiger partial charge in [-0.25, -0.2) is 9.89 Å². The Balaban J connectivity index is 1.93. The van der Waals surface area contributed by atoms with Crippen LogP contribution in [0.2, 0.25) is 10.2 Å². The van der Waals surface area contributed by atoms with Crippen LogP contribution in [0.4, 0.5) is 0 Å². The molecule has 1 aromatic carbocycles. The van der Waals surface area contributed by atoms with Gasteiger partial charge >= 0.3 is 5.69 Å². The summed E-state index contributed by atoms with van der Waals surface area (Å²) in [5, 5.41) is 13.8. The number of benzene rings is 1. The molecule has 0 fully saturated rings. The minimum atomic E-state index is -0.513. The Kier molecular flexibility index (Phi) is 3.73. The van der Waals surface area contributed by atoms with Crippen LogP contribution in [-0.2, 0) is 6.61 Å². The molecule has 0 amide bonds. The summed E-state index contributed by atoms with van der Waals surface area (Å²) in [6.07, 6.45) is 0. The fraction of sp³-hybridized carbons (Fsp3) is 0.0909. The maximum Gasteiger partial charge on any atom is 0.365 e. The molecular formula is C11H9Cl2N7O2. The molecule has 0 bridgehead atoms. The molecule has 0 aliphatic heterocycles. The standard InChI is InChI=1S/C11H9Cl2N7O2/c12-7-2-1-3-8(19-11(21)15-17-18-19)10(7)22-5-6-4-9(13)20(14)16-6/h1-4H,5,14H2,(H,15,18,21). The summed E-state index contributed by atoms with van der Waals surface area (Å²) in [6, 6.07) is 6.47. The lowest BCUT2D eigenvalue weighted by atomic mass is 10.3. The quantitative estimate of drug-likeness (QED) is 0.676. The van der Waals surface area contributed by atoms with Crippen LogP contribution in [-0.4, -0.2) is 30.1 Å². The number of para-hydroxylation sites is 1. The molecule has 3 aromatic rings. The van der Waals surface area contributed by atoms with Gasteiger partial charge in [-0.2, -0.15) is 14.6 Å². The molecular weight excluding hydrogens is 333 g/mol. The van der Waals surface area contributed by atoms with Crippen molar-refractivity contribution in [2.75, 3.05) is 5.84 Å². The summed E-state index contributed by atoms with van der Waals surface area (Å²) in [6.45, 7) is 0.0628. The Hall–Kier alpha value is -2.52. The second-order valence-electron chi connectivity index (χ2n) is 4.20. The van der Waals surface area contributed by atoms with Crippen LogP contribution >= 0.6 is 23.2 Å². The molecule has 3 N–H and O–H groups in total. The third-order valence-electron chi connectivity index (χ3n) is 2.75. The number of nitrogens with zero attached hydrogens (tertiary/aromatic N) is 5. The third kappa shape index (κ3) is 2.63. The molecule has 0 atom stereocenters. The molecule has 0 unspecified atom stereocenters. The highest BCUT2D eigenvalue weighted by Gasteiger charge is 2.15. The number of hydrogen-bond acceptors (Lipinski definition) is 6. The number of rotatable bonds is 4. The van der Waals surface area contributed by atoms with Gasteiger partial charge in [0.1, 0.15) is 18.0 Å². The van der Waals surface area contributed by atoms with E-state index in [0.29, 0.717) is 16.4 Å². The monoisotopic (exact) mass is 341 g/mol. The van der Waals surface area contributed by atoms with E-state index >= 15 is 0 Å². The highest BCUT2D eigenvalue weighted by atomic mass is 35.5. The van der Waals surface area contributed by atoms with Crippen LogP contribution in [0.1, 0.15) is 5.69 Å². The number of tetrazole rings is 1. The van der Waals surface area contributed by atoms with Crippen molar-refractivity contribution in [2.24, 2.45) is 0 Å². The van der Waals surface area contributed by atoms with Gasteiger partial charge in [-0.05, 0) is 22.6 Å². The van der Waals surface area contributed by atoms with E-state index < -0.39 is 5.69 Å². The third-order valence-corrected chi connectivity index (χ3v) is 3.33. The molecule has 11 heteroatoms. The first-order valence-electron chi connectivity index (χ1n) is 5.98. The topological polar surface area (TPSA) is 117 Å². The summed E-state index contributed by atoms with van der Waals surface area (Å²) in [7, 11) is 0. The summed E-state index contributed by atoms with van der Waals surface area (Å²) in [5.41, 5.74) is 0.344. The van der Waals surface area contributed by atoms with Crippen LogP contribution in [0.15, 0.2) is 29.1 Å². The van der Waals surface area contributed by atoms with Gasteiger partial charge in [0.05, 0.1) is 5.02 Å². The molecule has 0 radical (unpaired) electrons. The second-order valence-corrected chi connectivity index (χ2v) is 4.99. The van der Waals surface area contributed by atoms with Gasteiger partial charge in [0.25, 0.3) is 0 Å². The summed E-state index contributed by atoms with van der Waals surface area (Å²) >= 11 is 11.9. The van der Waals surface area contributed by atoms with E-state index in [0.717, 1.165) is 9.47 Å². The van der Waals surface area contributed by atoms with Crippen LogP contribution in [0, 0.1) is 0 Å². The van der Waals surface area contributed by atoms with Gasteiger partial charge in [-0.1, -0.05) is 29.3 Å². The number of hydrogen-bond donors (Lipinski definition) is 2. The molecule has 2 aromatic heterocycles. The molecule has 3 rings (SSSR count). The van der Waals surface area contributed by atoms with E-state index in [4.69, 9.17) is 33.8 Å². The van der Waals surface area contributed by atoms with E-state index in [9.17, 15) is 4.79 Å². The SMILES string of the molecule is Nn1nc(COc2c(Cl)cccc2-n2nn[nH]c2=O)cc1Cl. The van der Waals surface area contributed by atoms with E-state index in [1.165, 1.54) is 0 Å². The first kappa shape index (κ1) is 14.4. The van der Waals surface area contributed by atoms with E-state index in [2.05, 4.69) is 20.6 Å². The van der Waals surface area contributed by atoms with Crippen molar-refractivity contribution in [3.05, 3.63) is 50.6 Å². The van der Waals surface area contributed by atoms with Gasteiger partial charge in [0, 0.05) is 6.07 Å². The van der Waals surface area contributed by atoms with Crippen molar-refractivity contribution in [2.45, 2.75) is 6.61 Å². The number of aromatic nitrogens is 6. The Labute approximate surface area is 133 Å². The van der Waals surface area contributed by atoms with Gasteiger partial charge in [0.15, 0.2) is 10.9 Å². The average molecular weight is 342 g/mol. The van der Waals surface area contributed by atoms with Crippen molar-refractivity contribution in [3.8, 4) is 11.4 Å². The zero-order valence-electron chi connectivity index (χ0n) is 10.9. The Morgan fingerprint density at radius 2 is 2.18 bits per heavy atom. The lowest BCUT2D eigenvalue weighted by molar-refractivity contribution is 0.299. The van der Waals surface area contributed by atoms with Crippen molar-refractivity contribution in [3.63, 3.8) is 0 Å². The molecule has 0 aliphatic rings. The van der Waals surface area contributed by atoms with Crippen LogP contribution in [0.25, 0.3) is 5.69 Å². The molecule has 0 spiro atoms. The Bertz CT molecular complexity index is 850. The van der Waals surface area contributed by atoms with Gasteiger partial charge in [-0.15, -0.1) is 0 Å². The summed E-state index contributed by atoms with van der Waals surface area (Å²) in [4.78, 5) is 12.7. The largest absolute Gasteiger partial charge is 0.483 e. The van der Waals surface area contributed by atoms with Crippen molar-refractivity contribution in [1.82, 2.24) is 30.1 Å². The first-order valence-corrected chi connectivity index (χ1v) is 6.73. The average Bonchev–Trinajstić information content (AvgIpc) is 3.04. The first-order chi connectivity index (χ1) is 10.6. The van der Waals surface area contributed by atoms with Gasteiger partial charge in [-0.3, -0.25) is 0 Å². The van der Waals surface area contributed by atoms with Crippen molar-refractivity contribution >= 4 is 23.2 Å². The fourth-order valence-electron chi connectivity index (χ4n) is 1.80. The normalized spacial score (nSPS) is 10.8. The molecule has 114 valence electrons. The van der Waals surface area contributed by atoms with E-state index in [-0.39, 0.29) is 17.5 Å². The zero-order valence-corrected chi connectivity index (χ0v) is 12.4. The maximum atomic E-state index is 11.6. The fourth-order valence-corrected chi connectivity index (χ4v) is 2.19. The summed E-state index contributed by atoms with van der Waals surface area (Å²) < 4.78 is 6.68. The van der Waals surface area contributed by atoms with Crippen LogP contribution in [0.3, 0.4) is 0 Å². The Morgan fingerprint density at radius 1 is 1.36 bits per heavy atom. The Morgan fingerprint density at radius 3 is 2.82 bits per heavy atom. The number of aromatic amines is 1. The predicted molar refractivity (Wildman–Crippen MR) is 78.7 cm³/mol. The van der Waals surface area contributed by atoms with E-state index in [1.807, 2.05) is 0 Å². The summed E-state index contributed by atoms with van der Waals surface area (Å²) in [5.74, 6) is 5.76. The molecule has 0 saturated carbocycles. The molecule has 0 aliphatic carbocycles. The van der Waals surface area contributed by atoms with E-state index in [1.54, 1.807) is 24.3 Å². The minimum absolute atomic E-state index is 0.0628. The number of nitrogen functional groups attached to an aromatic ring is 1. The molecule has 22 heavy (non-hydrogen) atoms. The second kappa shape index (κ2) is 5.70. The highest BCUT2D eigenvalue weighted by Crippen LogP contribution is 2.31. The molecule has 2 heterocycles. The minimum Gasteiger partial charge on any atom is -0.483 e. The number of ether oxygens (including phenoxy) is 1. The molecule has 9 nitrogen and oxygen atoms in total. The highest BCUT2D eigenvalue weighted by molar-refractivity contribution is 6.32.